The number of amides is 3. The summed E-state index contributed by atoms with van der Waals surface area (Å²) in [6, 6.07) is 6.22. The molecule has 0 saturated heterocycles. The van der Waals surface area contributed by atoms with E-state index in [4.69, 9.17) is 27.8 Å². The largest absolute Gasteiger partial charge is 0.449 e. The van der Waals surface area contributed by atoms with Gasteiger partial charge in [0.25, 0.3) is 0 Å². The van der Waals surface area contributed by atoms with Crippen molar-refractivity contribution in [2.45, 2.75) is 6.42 Å². The number of thiazole rings is 1. The topological polar surface area (TPSA) is 120 Å². The van der Waals surface area contributed by atoms with Crippen molar-refractivity contribution in [1.82, 2.24) is 10.3 Å². The summed E-state index contributed by atoms with van der Waals surface area (Å²) in [6.45, 7) is 0.0708. The second-order valence-electron chi connectivity index (χ2n) is 4.21. The third-order valence-electron chi connectivity index (χ3n) is 2.62. The number of carbonyl (C=O) groups is 2. The molecule has 1 heterocycles. The van der Waals surface area contributed by atoms with Crippen molar-refractivity contribution >= 4 is 40.2 Å². The molecule has 0 aliphatic carbocycles. The van der Waals surface area contributed by atoms with Crippen molar-refractivity contribution in [2.24, 2.45) is 5.73 Å². The number of halogens is 1. The molecule has 0 aliphatic rings. The molecule has 1 aromatic carbocycles. The quantitative estimate of drug-likeness (QED) is 0.789. The maximum atomic E-state index is 11.2. The van der Waals surface area contributed by atoms with Crippen molar-refractivity contribution < 1.29 is 14.3 Å². The van der Waals surface area contributed by atoms with E-state index in [1.807, 2.05) is 17.4 Å². The average molecular weight is 341 g/mol. The number of nitrogen functional groups attached to an aromatic ring is 1. The minimum Gasteiger partial charge on any atom is -0.449 e. The Labute approximate surface area is 135 Å². The van der Waals surface area contributed by atoms with Gasteiger partial charge in [0, 0.05) is 21.9 Å². The Morgan fingerprint density at radius 1 is 1.32 bits per heavy atom. The van der Waals surface area contributed by atoms with E-state index < -0.39 is 12.1 Å². The van der Waals surface area contributed by atoms with Gasteiger partial charge in [-0.05, 0) is 12.1 Å². The monoisotopic (exact) mass is 340 g/mol. The standard InChI is InChI=1S/C13H13ClN4O3S/c14-8-3-1-7(2-4-8)10-9(22-12(16)17-10)5-6-21-13(20)18-11(15)19/h1-4H,5-6H2,(H2,16,17)(H3,15,18,19,20). The van der Waals surface area contributed by atoms with Crippen LogP contribution < -0.4 is 16.8 Å². The molecule has 0 radical (unpaired) electrons. The van der Waals surface area contributed by atoms with E-state index in [1.165, 1.54) is 11.3 Å². The molecular weight excluding hydrogens is 328 g/mol. The van der Waals surface area contributed by atoms with Gasteiger partial charge in [0.2, 0.25) is 0 Å². The fourth-order valence-electron chi connectivity index (χ4n) is 1.75. The molecule has 0 aliphatic heterocycles. The molecule has 7 nitrogen and oxygen atoms in total. The third-order valence-corrected chi connectivity index (χ3v) is 3.82. The molecule has 1 aromatic heterocycles. The van der Waals surface area contributed by atoms with Crippen molar-refractivity contribution in [2.75, 3.05) is 12.3 Å². The summed E-state index contributed by atoms with van der Waals surface area (Å²) in [4.78, 5) is 26.8. The number of urea groups is 1. The first-order valence-corrected chi connectivity index (χ1v) is 7.39. The van der Waals surface area contributed by atoms with Gasteiger partial charge in [-0.3, -0.25) is 0 Å². The number of rotatable bonds is 4. The molecule has 9 heteroatoms. The fourth-order valence-corrected chi connectivity index (χ4v) is 2.71. The van der Waals surface area contributed by atoms with Gasteiger partial charge in [-0.2, -0.15) is 0 Å². The van der Waals surface area contributed by atoms with Crippen LogP contribution in [0.4, 0.5) is 14.7 Å². The van der Waals surface area contributed by atoms with E-state index in [0.717, 1.165) is 16.1 Å². The Balaban J connectivity index is 2.04. The summed E-state index contributed by atoms with van der Waals surface area (Å²) in [5.74, 6) is 0. The molecule has 3 amide bonds. The van der Waals surface area contributed by atoms with E-state index >= 15 is 0 Å². The number of alkyl carbamates (subject to hydrolysis) is 1. The molecule has 22 heavy (non-hydrogen) atoms. The number of hydrogen-bond donors (Lipinski definition) is 3. The second kappa shape index (κ2) is 7.10. The highest BCUT2D eigenvalue weighted by Crippen LogP contribution is 2.30. The summed E-state index contributed by atoms with van der Waals surface area (Å²) in [5.41, 5.74) is 12.1. The molecule has 0 saturated carbocycles. The smallest absolute Gasteiger partial charge is 0.415 e. The van der Waals surface area contributed by atoms with Crippen LogP contribution in [0.2, 0.25) is 5.02 Å². The lowest BCUT2D eigenvalue weighted by atomic mass is 10.1. The molecule has 2 aromatic rings. The number of nitrogens with zero attached hydrogens (tertiary/aromatic N) is 1. The number of aromatic nitrogens is 1. The maximum absolute atomic E-state index is 11.2. The molecule has 0 unspecified atom stereocenters. The summed E-state index contributed by atoms with van der Waals surface area (Å²) < 4.78 is 4.84. The van der Waals surface area contributed by atoms with Crippen molar-refractivity contribution in [3.8, 4) is 11.3 Å². The average Bonchev–Trinajstić information content (AvgIpc) is 2.80. The number of hydrogen-bond acceptors (Lipinski definition) is 6. The van der Waals surface area contributed by atoms with Gasteiger partial charge in [-0.25, -0.2) is 19.9 Å². The Hall–Kier alpha value is -2.32. The SMILES string of the molecule is NC(=O)NC(=O)OCCc1sc(N)nc1-c1ccc(Cl)cc1. The summed E-state index contributed by atoms with van der Waals surface area (Å²) in [6.07, 6.45) is -0.475. The van der Waals surface area contributed by atoms with Gasteiger partial charge in [0.1, 0.15) is 0 Å². The highest BCUT2D eigenvalue weighted by atomic mass is 35.5. The first-order valence-electron chi connectivity index (χ1n) is 6.20. The number of imide groups is 1. The number of ether oxygens (including phenoxy) is 1. The predicted molar refractivity (Wildman–Crippen MR) is 84.7 cm³/mol. The van der Waals surface area contributed by atoms with Gasteiger partial charge in [-0.15, -0.1) is 11.3 Å². The van der Waals surface area contributed by atoms with E-state index in [2.05, 4.69) is 4.98 Å². The fraction of sp³-hybridized carbons (Fsp3) is 0.154. The molecule has 0 bridgehead atoms. The summed E-state index contributed by atoms with van der Waals surface area (Å²) >= 11 is 7.17. The Morgan fingerprint density at radius 3 is 2.64 bits per heavy atom. The zero-order chi connectivity index (χ0) is 16.1. The Kier molecular flexibility index (Phi) is 5.18. The van der Waals surface area contributed by atoms with Gasteiger partial charge in [-0.1, -0.05) is 23.7 Å². The van der Waals surface area contributed by atoms with Crippen LogP contribution in [0.3, 0.4) is 0 Å². The number of carbonyl (C=O) groups excluding carboxylic acids is 2. The predicted octanol–water partition coefficient (Wildman–Crippen LogP) is 2.39. The highest BCUT2D eigenvalue weighted by Gasteiger charge is 2.13. The lowest BCUT2D eigenvalue weighted by Crippen LogP contribution is -2.35. The van der Waals surface area contributed by atoms with Crippen LogP contribution in [0.1, 0.15) is 4.88 Å². The van der Waals surface area contributed by atoms with Crippen molar-refractivity contribution in [1.29, 1.82) is 0 Å². The zero-order valence-electron chi connectivity index (χ0n) is 11.3. The second-order valence-corrected chi connectivity index (χ2v) is 5.76. The van der Waals surface area contributed by atoms with Gasteiger partial charge >= 0.3 is 12.1 Å². The van der Waals surface area contributed by atoms with Crippen LogP contribution in [-0.2, 0) is 11.2 Å². The maximum Gasteiger partial charge on any atom is 0.415 e. The molecule has 2 rings (SSSR count). The van der Waals surface area contributed by atoms with Crippen LogP contribution in [0.5, 0.6) is 0 Å². The number of nitrogens with one attached hydrogen (secondary N) is 1. The van der Waals surface area contributed by atoms with E-state index in [1.54, 1.807) is 12.1 Å². The lowest BCUT2D eigenvalue weighted by molar-refractivity contribution is 0.149. The molecule has 0 atom stereocenters. The van der Waals surface area contributed by atoms with Gasteiger partial charge < -0.3 is 16.2 Å². The molecule has 0 fully saturated rings. The first-order chi connectivity index (χ1) is 10.5. The summed E-state index contributed by atoms with van der Waals surface area (Å²) in [5, 5.41) is 2.86. The van der Waals surface area contributed by atoms with Crippen molar-refractivity contribution in [3.63, 3.8) is 0 Å². The number of benzene rings is 1. The molecule has 0 spiro atoms. The molecule has 116 valence electrons. The van der Waals surface area contributed by atoms with Gasteiger partial charge in [0.15, 0.2) is 5.13 Å². The highest BCUT2D eigenvalue weighted by molar-refractivity contribution is 7.15. The van der Waals surface area contributed by atoms with Gasteiger partial charge in [0.05, 0.1) is 12.3 Å². The normalized spacial score (nSPS) is 10.2. The minimum atomic E-state index is -0.964. The first kappa shape index (κ1) is 16.1. The number of nitrogens with two attached hydrogens (primary N) is 2. The Morgan fingerprint density at radius 2 is 2.00 bits per heavy atom. The lowest BCUT2D eigenvalue weighted by Gasteiger charge is -2.05. The van der Waals surface area contributed by atoms with Crippen LogP contribution in [0.15, 0.2) is 24.3 Å². The molecular formula is C13H13ClN4O3S. The van der Waals surface area contributed by atoms with Crippen LogP contribution in [0, 0.1) is 0 Å². The van der Waals surface area contributed by atoms with E-state index in [0.29, 0.717) is 16.6 Å². The zero-order valence-corrected chi connectivity index (χ0v) is 12.9. The molecule has 5 N–H and O–H groups in total. The Bertz CT molecular complexity index is 687. The third kappa shape index (κ3) is 4.34. The van der Waals surface area contributed by atoms with Crippen molar-refractivity contribution in [3.05, 3.63) is 34.2 Å². The van der Waals surface area contributed by atoms with Crippen LogP contribution in [0.25, 0.3) is 11.3 Å². The van der Waals surface area contributed by atoms with Crippen LogP contribution >= 0.6 is 22.9 Å². The van der Waals surface area contributed by atoms with Crippen LogP contribution in [-0.4, -0.2) is 23.7 Å². The summed E-state index contributed by atoms with van der Waals surface area (Å²) in [7, 11) is 0. The van der Waals surface area contributed by atoms with E-state index in [-0.39, 0.29) is 6.61 Å². The van der Waals surface area contributed by atoms with E-state index in [9.17, 15) is 9.59 Å². The number of primary amides is 1. The number of anilines is 1. The minimum absolute atomic E-state index is 0.0708.